The molecule has 2 unspecified atom stereocenters. The third-order valence-electron chi connectivity index (χ3n) is 4.06. The van der Waals surface area contributed by atoms with E-state index in [4.69, 9.17) is 0 Å². The minimum atomic E-state index is 0.0854. The second-order valence-corrected chi connectivity index (χ2v) is 6.05. The lowest BCUT2D eigenvalue weighted by atomic mass is 9.97. The largest absolute Gasteiger partial charge is 0.332 e. The summed E-state index contributed by atoms with van der Waals surface area (Å²) in [7, 11) is 0. The lowest BCUT2D eigenvalue weighted by molar-refractivity contribution is 0.0503. The number of carbonyl (C=O) groups excluding carboxylic acids is 1. The molecule has 0 aromatic carbocycles. The predicted octanol–water partition coefficient (Wildman–Crippen LogP) is 3.18. The van der Waals surface area contributed by atoms with Gasteiger partial charge >= 0.3 is 0 Å². The Balaban J connectivity index is 2.25. The van der Waals surface area contributed by atoms with Gasteiger partial charge in [0.05, 0.1) is 0 Å². The molecule has 2 rings (SSSR count). The first-order chi connectivity index (χ1) is 8.91. The standard InChI is InChI=1S/C15H25N3O/c1-10(2)18-13(5)9-14(16-18)15(19)17-11(3)7-6-8-12(17)4/h9-12H,6-8H2,1-5H3. The molecule has 1 amide bonds. The summed E-state index contributed by atoms with van der Waals surface area (Å²) < 4.78 is 1.92. The van der Waals surface area contributed by atoms with Crippen molar-refractivity contribution in [3.8, 4) is 0 Å². The van der Waals surface area contributed by atoms with Gasteiger partial charge in [-0.05, 0) is 59.9 Å². The highest BCUT2D eigenvalue weighted by Gasteiger charge is 2.31. The van der Waals surface area contributed by atoms with Gasteiger partial charge < -0.3 is 4.90 Å². The van der Waals surface area contributed by atoms with Crippen LogP contribution < -0.4 is 0 Å². The van der Waals surface area contributed by atoms with Gasteiger partial charge in [0.15, 0.2) is 5.69 Å². The van der Waals surface area contributed by atoms with Gasteiger partial charge in [-0.3, -0.25) is 9.48 Å². The molecule has 1 aromatic rings. The Morgan fingerprint density at radius 1 is 1.32 bits per heavy atom. The van der Waals surface area contributed by atoms with Crippen molar-refractivity contribution in [2.24, 2.45) is 0 Å². The van der Waals surface area contributed by atoms with Crippen molar-refractivity contribution in [2.45, 2.75) is 72.0 Å². The molecule has 0 radical (unpaired) electrons. The first kappa shape index (κ1) is 14.1. The molecule has 2 heterocycles. The minimum absolute atomic E-state index is 0.0854. The number of rotatable bonds is 2. The summed E-state index contributed by atoms with van der Waals surface area (Å²) in [6.45, 7) is 10.5. The lowest BCUT2D eigenvalue weighted by Crippen LogP contribution is -2.47. The Labute approximate surface area is 115 Å². The van der Waals surface area contributed by atoms with Crippen LogP contribution in [-0.4, -0.2) is 32.7 Å². The zero-order valence-corrected chi connectivity index (χ0v) is 12.7. The van der Waals surface area contributed by atoms with Crippen molar-refractivity contribution < 1.29 is 4.79 Å². The summed E-state index contributed by atoms with van der Waals surface area (Å²) in [6, 6.07) is 2.84. The van der Waals surface area contributed by atoms with Crippen LogP contribution in [0.2, 0.25) is 0 Å². The van der Waals surface area contributed by atoms with Crippen molar-refractivity contribution in [1.82, 2.24) is 14.7 Å². The summed E-state index contributed by atoms with van der Waals surface area (Å²) in [6.07, 6.45) is 3.41. The van der Waals surface area contributed by atoms with Crippen LogP contribution in [0.15, 0.2) is 6.07 Å². The third-order valence-corrected chi connectivity index (χ3v) is 4.06. The van der Waals surface area contributed by atoms with E-state index in [1.165, 1.54) is 6.42 Å². The SMILES string of the molecule is Cc1cc(C(=O)N2C(C)CCCC2C)nn1C(C)C. The molecule has 19 heavy (non-hydrogen) atoms. The topological polar surface area (TPSA) is 38.1 Å². The van der Waals surface area contributed by atoms with E-state index < -0.39 is 0 Å². The van der Waals surface area contributed by atoms with Crippen molar-refractivity contribution in [3.63, 3.8) is 0 Å². The fraction of sp³-hybridized carbons (Fsp3) is 0.733. The second kappa shape index (κ2) is 5.35. The Morgan fingerprint density at radius 2 is 1.89 bits per heavy atom. The smallest absolute Gasteiger partial charge is 0.274 e. The monoisotopic (exact) mass is 263 g/mol. The van der Waals surface area contributed by atoms with Gasteiger partial charge in [-0.15, -0.1) is 0 Å². The van der Waals surface area contributed by atoms with E-state index in [1.807, 2.05) is 22.6 Å². The van der Waals surface area contributed by atoms with Crippen LogP contribution >= 0.6 is 0 Å². The van der Waals surface area contributed by atoms with Crippen LogP contribution in [-0.2, 0) is 0 Å². The van der Waals surface area contributed by atoms with Gasteiger partial charge in [0.25, 0.3) is 5.91 Å². The molecule has 1 aliphatic rings. The molecule has 1 fully saturated rings. The van der Waals surface area contributed by atoms with Crippen LogP contribution in [0, 0.1) is 6.92 Å². The van der Waals surface area contributed by atoms with Gasteiger partial charge in [0.2, 0.25) is 0 Å². The second-order valence-electron chi connectivity index (χ2n) is 6.05. The van der Waals surface area contributed by atoms with E-state index in [0.29, 0.717) is 17.8 Å². The lowest BCUT2D eigenvalue weighted by Gasteiger charge is -2.38. The van der Waals surface area contributed by atoms with Gasteiger partial charge in [0, 0.05) is 23.8 Å². The van der Waals surface area contributed by atoms with E-state index in [2.05, 4.69) is 32.8 Å². The number of hydrogen-bond acceptors (Lipinski definition) is 2. The Hall–Kier alpha value is -1.32. The number of piperidine rings is 1. The number of hydrogen-bond donors (Lipinski definition) is 0. The summed E-state index contributed by atoms with van der Waals surface area (Å²) in [4.78, 5) is 14.7. The van der Waals surface area contributed by atoms with E-state index in [-0.39, 0.29) is 11.9 Å². The Morgan fingerprint density at radius 3 is 2.37 bits per heavy atom. The maximum absolute atomic E-state index is 12.7. The first-order valence-corrected chi connectivity index (χ1v) is 7.30. The molecule has 4 nitrogen and oxygen atoms in total. The van der Waals surface area contributed by atoms with Gasteiger partial charge in [-0.25, -0.2) is 0 Å². The van der Waals surface area contributed by atoms with Crippen molar-refractivity contribution in [3.05, 3.63) is 17.5 Å². The first-order valence-electron chi connectivity index (χ1n) is 7.30. The maximum Gasteiger partial charge on any atom is 0.274 e. The molecular weight excluding hydrogens is 238 g/mol. The Bertz CT molecular complexity index is 454. The summed E-state index contributed by atoms with van der Waals surface area (Å²) in [5.74, 6) is 0.0854. The Kier molecular flexibility index (Phi) is 3.97. The molecule has 4 heteroatoms. The van der Waals surface area contributed by atoms with E-state index in [9.17, 15) is 4.79 Å². The fourth-order valence-electron chi connectivity index (χ4n) is 3.07. The highest BCUT2D eigenvalue weighted by atomic mass is 16.2. The quantitative estimate of drug-likeness (QED) is 0.822. The summed E-state index contributed by atoms with van der Waals surface area (Å²) in [5, 5.41) is 4.48. The molecule has 2 atom stereocenters. The number of nitrogens with zero attached hydrogens (tertiary/aromatic N) is 3. The normalized spacial score (nSPS) is 24.0. The molecule has 0 saturated carbocycles. The average molecular weight is 263 g/mol. The van der Waals surface area contributed by atoms with E-state index >= 15 is 0 Å². The number of aryl methyl sites for hydroxylation is 1. The number of amides is 1. The highest BCUT2D eigenvalue weighted by Crippen LogP contribution is 2.24. The number of likely N-dealkylation sites (tertiary alicyclic amines) is 1. The predicted molar refractivity (Wildman–Crippen MR) is 76.3 cm³/mol. The van der Waals surface area contributed by atoms with Crippen molar-refractivity contribution in [1.29, 1.82) is 0 Å². The molecule has 1 aliphatic heterocycles. The zero-order chi connectivity index (χ0) is 14.2. The highest BCUT2D eigenvalue weighted by molar-refractivity contribution is 5.93. The van der Waals surface area contributed by atoms with Gasteiger partial charge in [0.1, 0.15) is 0 Å². The molecule has 0 aliphatic carbocycles. The fourth-order valence-corrected chi connectivity index (χ4v) is 3.07. The molecule has 0 spiro atoms. The maximum atomic E-state index is 12.7. The van der Waals surface area contributed by atoms with E-state index in [1.54, 1.807) is 0 Å². The molecule has 0 bridgehead atoms. The summed E-state index contributed by atoms with van der Waals surface area (Å²) in [5.41, 5.74) is 1.64. The van der Waals surface area contributed by atoms with Crippen LogP contribution in [0.25, 0.3) is 0 Å². The summed E-state index contributed by atoms with van der Waals surface area (Å²) >= 11 is 0. The van der Waals surface area contributed by atoms with Crippen molar-refractivity contribution in [2.75, 3.05) is 0 Å². The zero-order valence-electron chi connectivity index (χ0n) is 12.7. The van der Waals surface area contributed by atoms with Gasteiger partial charge in [-0.2, -0.15) is 5.10 Å². The average Bonchev–Trinajstić information content (AvgIpc) is 2.71. The number of carbonyl (C=O) groups is 1. The van der Waals surface area contributed by atoms with Crippen LogP contribution in [0.5, 0.6) is 0 Å². The minimum Gasteiger partial charge on any atom is -0.332 e. The molecule has 1 aromatic heterocycles. The van der Waals surface area contributed by atoms with E-state index in [0.717, 1.165) is 18.5 Å². The van der Waals surface area contributed by atoms with Crippen LogP contribution in [0.3, 0.4) is 0 Å². The van der Waals surface area contributed by atoms with Crippen molar-refractivity contribution >= 4 is 5.91 Å². The third kappa shape index (κ3) is 2.67. The van der Waals surface area contributed by atoms with Crippen LogP contribution in [0.4, 0.5) is 0 Å². The number of aromatic nitrogens is 2. The molecule has 106 valence electrons. The molecular formula is C15H25N3O. The molecule has 1 saturated heterocycles. The molecule has 0 N–H and O–H groups in total. The van der Waals surface area contributed by atoms with Gasteiger partial charge in [-0.1, -0.05) is 0 Å². The van der Waals surface area contributed by atoms with Crippen LogP contribution in [0.1, 0.15) is 69.2 Å².